The lowest BCUT2D eigenvalue weighted by Crippen LogP contribution is -2.46. The van der Waals surface area contributed by atoms with Crippen molar-refractivity contribution in [2.24, 2.45) is 0 Å². The zero-order chi connectivity index (χ0) is 13.9. The second-order valence-electron chi connectivity index (χ2n) is 5.83. The highest BCUT2D eigenvalue weighted by molar-refractivity contribution is 5.90. The number of amides is 2. The first-order valence-electron chi connectivity index (χ1n) is 6.44. The molecule has 1 heterocycles. The Morgan fingerprint density at radius 1 is 1.33 bits per heavy atom. The van der Waals surface area contributed by atoms with Gasteiger partial charge in [-0.3, -0.25) is 9.59 Å². The number of carbonyl (C=O) groups is 2. The molecule has 0 bridgehead atoms. The first-order valence-corrected chi connectivity index (χ1v) is 6.44. The van der Waals surface area contributed by atoms with Gasteiger partial charge in [-0.1, -0.05) is 0 Å². The summed E-state index contributed by atoms with van der Waals surface area (Å²) in [5, 5.41) is 2.69. The number of nitrogens with zero attached hydrogens (tertiary/aromatic N) is 1. The average molecular weight is 256 g/mol. The summed E-state index contributed by atoms with van der Waals surface area (Å²) >= 11 is 0. The molecule has 2 atom stereocenters. The van der Waals surface area contributed by atoms with Crippen molar-refractivity contribution in [3.8, 4) is 0 Å². The largest absolute Gasteiger partial charge is 0.374 e. The molecule has 18 heavy (non-hydrogen) atoms. The molecular formula is C13H24N2O3. The van der Waals surface area contributed by atoms with Crippen LogP contribution in [0.2, 0.25) is 0 Å². The maximum absolute atomic E-state index is 12.1. The predicted octanol–water partition coefficient (Wildman–Crippen LogP) is 0.927. The van der Waals surface area contributed by atoms with Gasteiger partial charge in [0.05, 0.1) is 12.2 Å². The van der Waals surface area contributed by atoms with Crippen LogP contribution in [0, 0.1) is 0 Å². The zero-order valence-corrected chi connectivity index (χ0v) is 11.9. The van der Waals surface area contributed by atoms with E-state index < -0.39 is 6.04 Å². The molecule has 1 aliphatic heterocycles. The van der Waals surface area contributed by atoms with E-state index in [1.165, 1.54) is 0 Å². The van der Waals surface area contributed by atoms with Gasteiger partial charge in [-0.25, -0.2) is 0 Å². The highest BCUT2D eigenvalue weighted by atomic mass is 16.5. The lowest BCUT2D eigenvalue weighted by atomic mass is 10.2. The van der Waals surface area contributed by atoms with Gasteiger partial charge in [0.25, 0.3) is 0 Å². The van der Waals surface area contributed by atoms with Crippen LogP contribution in [-0.2, 0) is 14.3 Å². The third kappa shape index (κ3) is 4.29. The number of nitrogens with one attached hydrogen (secondary N) is 1. The summed E-state index contributed by atoms with van der Waals surface area (Å²) in [6.45, 7) is 10.6. The van der Waals surface area contributed by atoms with Gasteiger partial charge in [-0.15, -0.1) is 0 Å². The molecule has 0 saturated carbocycles. The van der Waals surface area contributed by atoms with Gasteiger partial charge in [0.1, 0.15) is 6.04 Å². The summed E-state index contributed by atoms with van der Waals surface area (Å²) in [5.41, 5.74) is -0.210. The van der Waals surface area contributed by atoms with E-state index >= 15 is 0 Å². The van der Waals surface area contributed by atoms with Crippen LogP contribution in [0.25, 0.3) is 0 Å². The van der Waals surface area contributed by atoms with E-state index in [1.54, 1.807) is 11.8 Å². The van der Waals surface area contributed by atoms with Crippen LogP contribution in [0.3, 0.4) is 0 Å². The summed E-state index contributed by atoms with van der Waals surface area (Å²) in [4.78, 5) is 25.3. The van der Waals surface area contributed by atoms with Crippen LogP contribution in [0.1, 0.15) is 41.0 Å². The maximum Gasteiger partial charge on any atom is 0.245 e. The van der Waals surface area contributed by atoms with Gasteiger partial charge in [0, 0.05) is 19.0 Å². The van der Waals surface area contributed by atoms with Crippen LogP contribution in [0.4, 0.5) is 0 Å². The van der Waals surface area contributed by atoms with Gasteiger partial charge in [-0.2, -0.15) is 0 Å². The molecule has 5 nitrogen and oxygen atoms in total. The van der Waals surface area contributed by atoms with Crippen LogP contribution < -0.4 is 5.32 Å². The highest BCUT2D eigenvalue weighted by Gasteiger charge is 2.31. The first-order chi connectivity index (χ1) is 8.20. The lowest BCUT2D eigenvalue weighted by Gasteiger charge is -2.29. The Kier molecular flexibility index (Phi) is 4.73. The van der Waals surface area contributed by atoms with Gasteiger partial charge in [0.15, 0.2) is 0 Å². The van der Waals surface area contributed by atoms with Crippen LogP contribution in [0.5, 0.6) is 0 Å². The summed E-state index contributed by atoms with van der Waals surface area (Å²) in [6, 6.07) is -0.525. The van der Waals surface area contributed by atoms with E-state index in [0.29, 0.717) is 19.6 Å². The highest BCUT2D eigenvalue weighted by Crippen LogP contribution is 2.12. The Labute approximate surface area is 109 Å². The summed E-state index contributed by atoms with van der Waals surface area (Å²) in [6.07, 6.45) is 0.353. The van der Waals surface area contributed by atoms with Crippen molar-refractivity contribution in [3.63, 3.8) is 0 Å². The molecule has 0 spiro atoms. The second kappa shape index (κ2) is 5.69. The Morgan fingerprint density at radius 3 is 2.50 bits per heavy atom. The molecule has 0 aliphatic carbocycles. The molecule has 2 unspecified atom stereocenters. The molecule has 1 aliphatic rings. The quantitative estimate of drug-likeness (QED) is 0.817. The van der Waals surface area contributed by atoms with Crippen molar-refractivity contribution in [1.82, 2.24) is 10.2 Å². The van der Waals surface area contributed by atoms with Crippen molar-refractivity contribution in [1.29, 1.82) is 0 Å². The van der Waals surface area contributed by atoms with Gasteiger partial charge < -0.3 is 15.0 Å². The summed E-state index contributed by atoms with van der Waals surface area (Å²) < 4.78 is 5.63. The fourth-order valence-corrected chi connectivity index (χ4v) is 1.99. The van der Waals surface area contributed by atoms with E-state index in [0.717, 1.165) is 0 Å². The monoisotopic (exact) mass is 256 g/mol. The fourth-order valence-electron chi connectivity index (χ4n) is 1.99. The third-order valence-corrected chi connectivity index (χ3v) is 2.91. The number of hydrogen-bond acceptors (Lipinski definition) is 3. The molecule has 0 aromatic carbocycles. The van der Waals surface area contributed by atoms with Gasteiger partial charge in [0.2, 0.25) is 11.8 Å². The molecule has 2 amide bonds. The molecule has 1 fully saturated rings. The number of carbonyl (C=O) groups excluding carboxylic acids is 2. The van der Waals surface area contributed by atoms with E-state index in [4.69, 9.17) is 4.74 Å². The minimum atomic E-state index is -0.447. The van der Waals surface area contributed by atoms with E-state index in [2.05, 4.69) is 5.32 Å². The summed E-state index contributed by atoms with van der Waals surface area (Å²) in [7, 11) is 0. The maximum atomic E-state index is 12.1. The molecule has 0 aromatic heterocycles. The van der Waals surface area contributed by atoms with Crippen LogP contribution >= 0.6 is 0 Å². The van der Waals surface area contributed by atoms with E-state index in [9.17, 15) is 9.59 Å². The third-order valence-electron chi connectivity index (χ3n) is 2.91. The molecule has 1 saturated heterocycles. The van der Waals surface area contributed by atoms with E-state index in [-0.39, 0.29) is 23.5 Å². The van der Waals surface area contributed by atoms with Crippen molar-refractivity contribution in [2.45, 2.75) is 58.7 Å². The standard InChI is InChI=1S/C13H24N2O3/c1-9-8-11(16)14-10(2)12(17)15(9)6-7-18-13(3,4)5/h9-10H,6-8H2,1-5H3,(H,14,16). The van der Waals surface area contributed by atoms with Crippen molar-refractivity contribution in [2.75, 3.05) is 13.2 Å². The lowest BCUT2D eigenvalue weighted by molar-refractivity contribution is -0.136. The summed E-state index contributed by atoms with van der Waals surface area (Å²) in [5.74, 6) is -0.103. The zero-order valence-electron chi connectivity index (χ0n) is 11.9. The molecule has 104 valence electrons. The molecule has 1 rings (SSSR count). The Balaban J connectivity index is 2.60. The van der Waals surface area contributed by atoms with Gasteiger partial charge in [-0.05, 0) is 34.6 Å². The molecule has 1 N–H and O–H groups in total. The van der Waals surface area contributed by atoms with Gasteiger partial charge >= 0.3 is 0 Å². The molecular weight excluding hydrogens is 232 g/mol. The normalized spacial score (nSPS) is 25.9. The Hall–Kier alpha value is -1.10. The van der Waals surface area contributed by atoms with Crippen molar-refractivity contribution >= 4 is 11.8 Å². The SMILES string of the molecule is CC1NC(=O)CC(C)N(CCOC(C)(C)C)C1=O. The number of hydrogen-bond donors (Lipinski definition) is 1. The Bertz CT molecular complexity index is 323. The molecule has 5 heteroatoms. The minimum absolute atomic E-state index is 0.0362. The molecule has 0 aromatic rings. The van der Waals surface area contributed by atoms with Crippen LogP contribution in [0.15, 0.2) is 0 Å². The minimum Gasteiger partial charge on any atom is -0.374 e. The van der Waals surface area contributed by atoms with Crippen molar-refractivity contribution < 1.29 is 14.3 Å². The second-order valence-corrected chi connectivity index (χ2v) is 5.83. The topological polar surface area (TPSA) is 58.6 Å². The van der Waals surface area contributed by atoms with E-state index in [1.807, 2.05) is 27.7 Å². The fraction of sp³-hybridized carbons (Fsp3) is 0.846. The predicted molar refractivity (Wildman–Crippen MR) is 69.1 cm³/mol. The average Bonchev–Trinajstić information content (AvgIpc) is 2.28. The first kappa shape index (κ1) is 15.0. The number of ether oxygens (including phenoxy) is 1. The molecule has 0 radical (unpaired) electrons. The smallest absolute Gasteiger partial charge is 0.245 e. The van der Waals surface area contributed by atoms with Crippen LogP contribution in [-0.4, -0.2) is 47.6 Å². The Morgan fingerprint density at radius 2 is 1.94 bits per heavy atom. The number of rotatable bonds is 3. The van der Waals surface area contributed by atoms with Crippen molar-refractivity contribution in [3.05, 3.63) is 0 Å².